The van der Waals surface area contributed by atoms with Crippen LogP contribution >= 0.6 is 19.8 Å². The third kappa shape index (κ3) is 2.39. The summed E-state index contributed by atoms with van der Waals surface area (Å²) in [6.07, 6.45) is 1.94. The van der Waals surface area contributed by atoms with Crippen molar-refractivity contribution in [3.8, 4) is 11.1 Å². The highest BCUT2D eigenvalue weighted by Gasteiger charge is 2.19. The number of halogens is 1. The Labute approximate surface area is 114 Å². The molecule has 2 aromatic rings. The number of hydrogen-bond donors (Lipinski definition) is 0. The molecule has 1 heterocycles. The maximum atomic E-state index is 11.6. The van der Waals surface area contributed by atoms with E-state index in [1.54, 1.807) is 0 Å². The van der Waals surface area contributed by atoms with Crippen molar-refractivity contribution in [2.45, 2.75) is 26.7 Å². The molecule has 0 N–H and O–H groups in total. The standard InChI is InChI=1S/C15H16ClOP/c1-3-11-12(4-2)18-14(15(16)17)13(11)10-8-6-5-7-9-10/h5-9,18H,3-4H2,1-2H3. The lowest BCUT2D eigenvalue weighted by atomic mass is 9.98. The second-order valence-electron chi connectivity index (χ2n) is 4.18. The molecule has 1 unspecified atom stereocenters. The van der Waals surface area contributed by atoms with Crippen LogP contribution in [0.15, 0.2) is 30.3 Å². The summed E-state index contributed by atoms with van der Waals surface area (Å²) < 4.78 is 0. The maximum absolute atomic E-state index is 11.6. The van der Waals surface area contributed by atoms with Crippen molar-refractivity contribution in [2.75, 3.05) is 0 Å². The van der Waals surface area contributed by atoms with E-state index in [9.17, 15) is 4.79 Å². The Morgan fingerprint density at radius 1 is 1.17 bits per heavy atom. The maximum Gasteiger partial charge on any atom is 0.256 e. The van der Waals surface area contributed by atoms with Gasteiger partial charge in [-0.25, -0.2) is 0 Å². The van der Waals surface area contributed by atoms with Gasteiger partial charge in [-0.3, -0.25) is 4.79 Å². The van der Waals surface area contributed by atoms with Gasteiger partial charge in [0.05, 0.1) is 5.30 Å². The van der Waals surface area contributed by atoms with Crippen LogP contribution in [0.2, 0.25) is 0 Å². The van der Waals surface area contributed by atoms with E-state index < -0.39 is 0 Å². The van der Waals surface area contributed by atoms with Crippen LogP contribution in [0.3, 0.4) is 0 Å². The molecule has 18 heavy (non-hydrogen) atoms. The number of carbonyl (C=O) groups excluding carboxylic acids is 1. The first kappa shape index (κ1) is 13.4. The fourth-order valence-electron chi connectivity index (χ4n) is 2.35. The lowest BCUT2D eigenvalue weighted by Gasteiger charge is -2.06. The van der Waals surface area contributed by atoms with Crippen LogP contribution in [0.25, 0.3) is 11.1 Å². The zero-order valence-corrected chi connectivity index (χ0v) is 12.3. The Bertz CT molecular complexity index is 557. The van der Waals surface area contributed by atoms with Gasteiger partial charge in [0.15, 0.2) is 0 Å². The van der Waals surface area contributed by atoms with Crippen LogP contribution in [0.5, 0.6) is 0 Å². The van der Waals surface area contributed by atoms with Crippen molar-refractivity contribution >= 4 is 25.0 Å². The van der Waals surface area contributed by atoms with Crippen LogP contribution in [0.4, 0.5) is 0 Å². The number of aryl methyl sites for hydroxylation is 1. The van der Waals surface area contributed by atoms with Crippen LogP contribution in [0, 0.1) is 0 Å². The first-order valence-electron chi connectivity index (χ1n) is 6.18. The largest absolute Gasteiger partial charge is 0.275 e. The molecule has 0 spiro atoms. The molecule has 0 aliphatic rings. The quantitative estimate of drug-likeness (QED) is 0.728. The molecule has 0 bridgehead atoms. The van der Waals surface area contributed by atoms with E-state index >= 15 is 0 Å². The number of hydrogen-bond acceptors (Lipinski definition) is 1. The highest BCUT2D eigenvalue weighted by atomic mass is 35.5. The van der Waals surface area contributed by atoms with Gasteiger partial charge in [-0.1, -0.05) is 44.2 Å². The molecule has 1 aromatic carbocycles. The lowest BCUT2D eigenvalue weighted by molar-refractivity contribution is 0.108. The Hall–Kier alpha value is -1.04. The first-order valence-corrected chi connectivity index (χ1v) is 7.55. The van der Waals surface area contributed by atoms with Gasteiger partial charge in [-0.15, -0.1) is 8.19 Å². The summed E-state index contributed by atoms with van der Waals surface area (Å²) >= 11 is 5.76. The van der Waals surface area contributed by atoms with Crippen molar-refractivity contribution < 1.29 is 4.79 Å². The predicted molar refractivity (Wildman–Crippen MR) is 80.3 cm³/mol. The summed E-state index contributed by atoms with van der Waals surface area (Å²) in [4.78, 5) is 11.6. The molecule has 2 rings (SSSR count). The fraction of sp³-hybridized carbons (Fsp3) is 0.267. The van der Waals surface area contributed by atoms with Crippen molar-refractivity contribution in [3.05, 3.63) is 46.5 Å². The summed E-state index contributed by atoms with van der Waals surface area (Å²) in [6.45, 7) is 4.28. The van der Waals surface area contributed by atoms with Crippen LogP contribution in [-0.4, -0.2) is 5.24 Å². The Morgan fingerprint density at radius 3 is 2.33 bits per heavy atom. The molecule has 0 radical (unpaired) electrons. The van der Waals surface area contributed by atoms with Crippen molar-refractivity contribution in [2.24, 2.45) is 0 Å². The second-order valence-corrected chi connectivity index (χ2v) is 5.88. The van der Waals surface area contributed by atoms with E-state index in [1.807, 2.05) is 30.3 Å². The summed E-state index contributed by atoms with van der Waals surface area (Å²) in [5.74, 6) is 0. The van der Waals surface area contributed by atoms with Gasteiger partial charge in [0.2, 0.25) is 0 Å². The molecular formula is C15H16ClOP. The Morgan fingerprint density at radius 2 is 1.83 bits per heavy atom. The molecule has 1 aromatic heterocycles. The highest BCUT2D eigenvalue weighted by molar-refractivity contribution is 7.35. The third-order valence-electron chi connectivity index (χ3n) is 3.16. The summed E-state index contributed by atoms with van der Waals surface area (Å²) in [7, 11) is 0.442. The monoisotopic (exact) mass is 278 g/mol. The fourth-order valence-corrected chi connectivity index (χ4v) is 4.04. The number of rotatable bonds is 4. The minimum Gasteiger partial charge on any atom is -0.275 e. The number of benzene rings is 1. The van der Waals surface area contributed by atoms with Gasteiger partial charge in [0.1, 0.15) is 0 Å². The minimum absolute atomic E-state index is 0.304. The molecule has 0 fully saturated rings. The molecule has 0 amide bonds. The molecule has 0 saturated carbocycles. The third-order valence-corrected chi connectivity index (χ3v) is 5.19. The number of carbonyl (C=O) groups is 1. The van der Waals surface area contributed by atoms with E-state index in [4.69, 9.17) is 11.6 Å². The molecule has 1 atom stereocenters. The molecular weight excluding hydrogens is 263 g/mol. The molecule has 0 saturated heterocycles. The van der Waals surface area contributed by atoms with Gasteiger partial charge in [0.25, 0.3) is 5.24 Å². The average molecular weight is 279 g/mol. The van der Waals surface area contributed by atoms with Crippen LogP contribution < -0.4 is 0 Å². The average Bonchev–Trinajstić information content (AvgIpc) is 2.78. The van der Waals surface area contributed by atoms with E-state index in [0.29, 0.717) is 8.19 Å². The van der Waals surface area contributed by atoms with Crippen molar-refractivity contribution in [1.29, 1.82) is 0 Å². The van der Waals surface area contributed by atoms with Crippen LogP contribution in [0.1, 0.15) is 34.8 Å². The normalized spacial score (nSPS) is 11.1. The predicted octanol–water partition coefficient (Wildman–Crippen LogP) is 4.89. The van der Waals surface area contributed by atoms with Crippen LogP contribution in [-0.2, 0) is 12.8 Å². The highest BCUT2D eigenvalue weighted by Crippen LogP contribution is 2.41. The molecule has 3 heteroatoms. The van der Waals surface area contributed by atoms with Crippen molar-refractivity contribution in [1.82, 2.24) is 0 Å². The topological polar surface area (TPSA) is 17.1 Å². The minimum atomic E-state index is -0.304. The van der Waals surface area contributed by atoms with E-state index in [-0.39, 0.29) is 5.24 Å². The summed E-state index contributed by atoms with van der Waals surface area (Å²) in [5, 5.41) is 1.86. The van der Waals surface area contributed by atoms with Gasteiger partial charge in [0, 0.05) is 5.56 Å². The molecule has 94 valence electrons. The zero-order chi connectivity index (χ0) is 13.1. The molecule has 0 aliphatic heterocycles. The SMILES string of the molecule is CCc1[pH]c(C(=O)Cl)c(-c2ccccc2)c1CC. The Kier molecular flexibility index (Phi) is 4.27. The van der Waals surface area contributed by atoms with E-state index in [1.165, 1.54) is 10.9 Å². The van der Waals surface area contributed by atoms with Gasteiger partial charge in [-0.2, -0.15) is 0 Å². The van der Waals surface area contributed by atoms with E-state index in [0.717, 1.165) is 29.3 Å². The first-order chi connectivity index (χ1) is 8.69. The van der Waals surface area contributed by atoms with E-state index in [2.05, 4.69) is 13.8 Å². The smallest absolute Gasteiger partial charge is 0.256 e. The molecule has 0 aliphatic carbocycles. The van der Waals surface area contributed by atoms with Crippen molar-refractivity contribution in [3.63, 3.8) is 0 Å². The van der Waals surface area contributed by atoms with Gasteiger partial charge < -0.3 is 0 Å². The van der Waals surface area contributed by atoms with Gasteiger partial charge in [-0.05, 0) is 40.9 Å². The lowest BCUT2D eigenvalue weighted by Crippen LogP contribution is -1.91. The Balaban J connectivity index is 2.70. The summed E-state index contributed by atoms with van der Waals surface area (Å²) in [5.41, 5.74) is 3.49. The zero-order valence-electron chi connectivity index (χ0n) is 10.6. The second kappa shape index (κ2) is 5.73. The molecule has 1 nitrogen and oxygen atoms in total. The van der Waals surface area contributed by atoms with Gasteiger partial charge >= 0.3 is 0 Å². The summed E-state index contributed by atoms with van der Waals surface area (Å²) in [6, 6.07) is 10.1.